The van der Waals surface area contributed by atoms with Crippen molar-refractivity contribution in [2.24, 2.45) is 0 Å². The van der Waals surface area contributed by atoms with Crippen molar-refractivity contribution in [2.75, 3.05) is 31.7 Å². The number of amides is 2. The molecule has 9 nitrogen and oxygen atoms in total. The quantitative estimate of drug-likeness (QED) is 0.137. The summed E-state index contributed by atoms with van der Waals surface area (Å²) in [7, 11) is -1.18. The average Bonchev–Trinajstić information content (AvgIpc) is 3.75. The van der Waals surface area contributed by atoms with Crippen molar-refractivity contribution in [3.8, 4) is 5.69 Å². The van der Waals surface area contributed by atoms with Crippen molar-refractivity contribution < 1.29 is 23.5 Å². The van der Waals surface area contributed by atoms with E-state index in [0.717, 1.165) is 5.56 Å². The molecule has 0 radical (unpaired) electrons. The van der Waals surface area contributed by atoms with Crippen molar-refractivity contribution >= 4 is 59.3 Å². The van der Waals surface area contributed by atoms with Crippen LogP contribution in [-0.4, -0.2) is 57.8 Å². The zero-order chi connectivity index (χ0) is 36.9. The van der Waals surface area contributed by atoms with E-state index in [1.165, 1.54) is 26.6 Å². The Morgan fingerprint density at radius 2 is 1.63 bits per heavy atom. The van der Waals surface area contributed by atoms with Crippen LogP contribution in [0.3, 0.4) is 0 Å². The van der Waals surface area contributed by atoms with Gasteiger partial charge >= 0.3 is 6.09 Å². The maximum atomic E-state index is 14.0. The number of nitrogens with zero attached hydrogens (tertiary/aromatic N) is 2. The van der Waals surface area contributed by atoms with Gasteiger partial charge in [0, 0.05) is 36.7 Å². The van der Waals surface area contributed by atoms with Gasteiger partial charge in [-0.15, -0.1) is 11.3 Å². The molecule has 1 N–H and O–H groups in total. The Balaban J connectivity index is 1.21. The standard InChI is InChI=1S/C40H42ClN3O6SSi/c1-40(2,3)52(32-13-7-5-8-14-32,33-15-9-6-10-16-33)49-23-21-28-12-11-22-43(38(28)46)34-18-17-30(24-29(34)27-48-4)44-26-31(50-39(44)47)25-42-37(45)35-19-20-36(41)51-35/h5-20,22,24,31H,21,23,25-27H2,1-4H3,(H,42,45)/t31-/m0/s1. The maximum Gasteiger partial charge on any atom is 0.414 e. The van der Waals surface area contributed by atoms with Gasteiger partial charge in [0.05, 0.1) is 34.6 Å². The monoisotopic (exact) mass is 755 g/mol. The first-order valence-electron chi connectivity index (χ1n) is 17.1. The van der Waals surface area contributed by atoms with Crippen LogP contribution in [0.2, 0.25) is 9.37 Å². The fraction of sp³-hybridized carbons (Fsp3) is 0.275. The van der Waals surface area contributed by atoms with Gasteiger partial charge in [0.1, 0.15) is 6.10 Å². The van der Waals surface area contributed by atoms with Crippen LogP contribution in [-0.2, 0) is 26.9 Å². The molecule has 0 unspecified atom stereocenters. The average molecular weight is 756 g/mol. The number of hydrogen-bond acceptors (Lipinski definition) is 7. The van der Waals surface area contributed by atoms with Gasteiger partial charge in [-0.05, 0) is 58.2 Å². The molecule has 1 saturated heterocycles. The second-order valence-corrected chi connectivity index (χ2v) is 19.7. The van der Waals surface area contributed by atoms with Crippen LogP contribution in [0.1, 0.15) is 41.6 Å². The number of carbonyl (C=O) groups excluding carboxylic acids is 2. The lowest BCUT2D eigenvalue weighted by atomic mass is 10.1. The summed E-state index contributed by atoms with van der Waals surface area (Å²) in [4.78, 5) is 41.4. The first-order valence-corrected chi connectivity index (χ1v) is 20.2. The molecule has 270 valence electrons. The highest BCUT2D eigenvalue weighted by molar-refractivity contribution is 7.18. The third kappa shape index (κ3) is 7.79. The van der Waals surface area contributed by atoms with E-state index >= 15 is 0 Å². The molecule has 1 aliphatic heterocycles. The number of rotatable bonds is 13. The van der Waals surface area contributed by atoms with Gasteiger partial charge in [-0.2, -0.15) is 0 Å². The van der Waals surface area contributed by atoms with Crippen LogP contribution < -0.4 is 26.1 Å². The zero-order valence-corrected chi connectivity index (χ0v) is 32.2. The van der Waals surface area contributed by atoms with E-state index < -0.39 is 20.5 Å². The summed E-state index contributed by atoms with van der Waals surface area (Å²) in [6, 6.07) is 33.4. The molecule has 6 rings (SSSR count). The normalized spacial score (nSPS) is 14.8. The van der Waals surface area contributed by atoms with E-state index in [4.69, 9.17) is 25.5 Å². The molecule has 1 fully saturated rings. The molecule has 2 aromatic heterocycles. The number of ether oxygens (including phenoxy) is 2. The van der Waals surface area contributed by atoms with Crippen molar-refractivity contribution in [2.45, 2.75) is 44.9 Å². The number of aromatic nitrogens is 1. The van der Waals surface area contributed by atoms with E-state index in [9.17, 15) is 14.4 Å². The largest absolute Gasteiger partial charge is 0.442 e. The van der Waals surface area contributed by atoms with Gasteiger partial charge in [-0.1, -0.05) is 99.1 Å². The predicted octanol–water partition coefficient (Wildman–Crippen LogP) is 6.57. The van der Waals surface area contributed by atoms with E-state index in [0.29, 0.717) is 39.2 Å². The molecular formula is C40H42ClN3O6SSi. The number of anilines is 1. The number of halogens is 1. The van der Waals surface area contributed by atoms with E-state index in [2.05, 4.69) is 74.6 Å². The van der Waals surface area contributed by atoms with Crippen molar-refractivity contribution in [1.29, 1.82) is 0 Å². The number of nitrogens with one attached hydrogen (secondary N) is 1. The molecule has 3 heterocycles. The van der Waals surface area contributed by atoms with Crippen LogP contribution in [0.4, 0.5) is 10.5 Å². The fourth-order valence-electron chi connectivity index (χ4n) is 6.81. The molecular weight excluding hydrogens is 714 g/mol. The molecule has 0 spiro atoms. The van der Waals surface area contributed by atoms with Gasteiger partial charge < -0.3 is 19.2 Å². The lowest BCUT2D eigenvalue weighted by Crippen LogP contribution is -2.66. The van der Waals surface area contributed by atoms with Gasteiger partial charge in [0.15, 0.2) is 0 Å². The zero-order valence-electron chi connectivity index (χ0n) is 29.6. The number of benzene rings is 3. The van der Waals surface area contributed by atoms with Gasteiger partial charge in [0.25, 0.3) is 19.8 Å². The van der Waals surface area contributed by atoms with Crippen LogP contribution >= 0.6 is 22.9 Å². The summed E-state index contributed by atoms with van der Waals surface area (Å²) in [5.41, 5.74) is 2.45. The summed E-state index contributed by atoms with van der Waals surface area (Å²) >= 11 is 7.14. The van der Waals surface area contributed by atoms with Crippen molar-refractivity contribution in [3.05, 3.63) is 140 Å². The fourth-order valence-corrected chi connectivity index (χ4v) is 12.3. The smallest absolute Gasteiger partial charge is 0.414 e. The van der Waals surface area contributed by atoms with Gasteiger partial charge in [-0.3, -0.25) is 19.1 Å². The minimum atomic E-state index is -2.77. The first kappa shape index (κ1) is 37.2. The molecule has 12 heteroatoms. The van der Waals surface area contributed by atoms with Gasteiger partial charge in [-0.25, -0.2) is 4.79 Å². The molecule has 1 atom stereocenters. The highest BCUT2D eigenvalue weighted by Crippen LogP contribution is 2.37. The lowest BCUT2D eigenvalue weighted by Gasteiger charge is -2.43. The van der Waals surface area contributed by atoms with E-state index in [1.54, 1.807) is 36.1 Å². The number of carbonyl (C=O) groups is 2. The molecule has 2 amide bonds. The highest BCUT2D eigenvalue weighted by atomic mass is 35.5. The molecule has 0 aliphatic carbocycles. The molecule has 52 heavy (non-hydrogen) atoms. The van der Waals surface area contributed by atoms with Crippen molar-refractivity contribution in [3.63, 3.8) is 0 Å². The number of hydrogen-bond donors (Lipinski definition) is 1. The number of thiophene rings is 1. The molecule has 3 aromatic carbocycles. The summed E-state index contributed by atoms with van der Waals surface area (Å²) in [5.74, 6) is -0.277. The Hall–Kier alpha value is -4.52. The number of pyridine rings is 1. The third-order valence-electron chi connectivity index (χ3n) is 9.23. The van der Waals surface area contributed by atoms with Crippen LogP contribution in [0.25, 0.3) is 5.69 Å². The van der Waals surface area contributed by atoms with E-state index in [-0.39, 0.29) is 36.2 Å². The topological polar surface area (TPSA) is 99.1 Å². The number of methoxy groups -OCH3 is 1. The Kier molecular flexibility index (Phi) is 11.5. The Morgan fingerprint density at radius 3 is 2.25 bits per heavy atom. The van der Waals surface area contributed by atoms with Crippen LogP contribution in [0.5, 0.6) is 0 Å². The van der Waals surface area contributed by atoms with Gasteiger partial charge in [0.2, 0.25) is 0 Å². The summed E-state index contributed by atoms with van der Waals surface area (Å²) in [6.07, 6.45) is 1.11. The Bertz CT molecular complexity index is 2040. The molecule has 1 aliphatic rings. The lowest BCUT2D eigenvalue weighted by molar-refractivity contribution is 0.0920. The minimum absolute atomic E-state index is 0.151. The highest BCUT2D eigenvalue weighted by Gasteiger charge is 2.50. The summed E-state index contributed by atoms with van der Waals surface area (Å²) in [6.45, 7) is 7.69. The second kappa shape index (κ2) is 16.0. The van der Waals surface area contributed by atoms with Crippen molar-refractivity contribution in [1.82, 2.24) is 9.88 Å². The Labute approximate surface area is 313 Å². The van der Waals surface area contributed by atoms with Crippen LogP contribution in [0.15, 0.2) is 114 Å². The number of cyclic esters (lactones) is 1. The Morgan fingerprint density at radius 1 is 0.942 bits per heavy atom. The SMILES string of the molecule is COCc1cc(N2C[C@H](CNC(=O)c3ccc(Cl)s3)OC2=O)ccc1-n1cccc(CCO[Si](c2ccccc2)(c2ccccc2)C(C)(C)C)c1=O. The second-order valence-electron chi connectivity index (χ2n) is 13.6. The molecule has 0 saturated carbocycles. The molecule has 5 aromatic rings. The third-order valence-corrected chi connectivity index (χ3v) is 15.5. The maximum absolute atomic E-state index is 14.0. The van der Waals surface area contributed by atoms with E-state index in [1.807, 2.05) is 36.4 Å². The minimum Gasteiger partial charge on any atom is -0.442 e. The summed E-state index contributed by atoms with van der Waals surface area (Å²) < 4.78 is 20.3. The molecule has 0 bridgehead atoms. The first-order chi connectivity index (χ1) is 25.0. The predicted molar refractivity (Wildman–Crippen MR) is 209 cm³/mol. The van der Waals surface area contributed by atoms with Crippen LogP contribution in [0, 0.1) is 0 Å². The summed E-state index contributed by atoms with van der Waals surface area (Å²) in [5, 5.41) is 5.00.